The monoisotopic (exact) mass is 307 g/mol. The van der Waals surface area contributed by atoms with Crippen LogP contribution in [0.4, 0.5) is 0 Å². The summed E-state index contributed by atoms with van der Waals surface area (Å²) in [4.78, 5) is 10.9. The van der Waals surface area contributed by atoms with Crippen LogP contribution in [0, 0.1) is 17.2 Å². The summed E-state index contributed by atoms with van der Waals surface area (Å²) in [5.74, 6) is -1.30. The molecule has 1 aromatic rings. The Hall–Kier alpha value is -1.87. The normalized spacial score (nSPS) is 22.4. The number of aliphatic carboxylic acids is 1. The molecule has 0 aliphatic heterocycles. The van der Waals surface area contributed by atoms with Crippen molar-refractivity contribution in [2.24, 2.45) is 5.92 Å². The van der Waals surface area contributed by atoms with Crippen LogP contribution in [-0.4, -0.2) is 24.7 Å². The van der Waals surface area contributed by atoms with Gasteiger partial charge in [-0.2, -0.15) is 5.26 Å². The highest BCUT2D eigenvalue weighted by Gasteiger charge is 2.33. The SMILES string of the molecule is N#Cc1ccc(CS(=O)(=O)C2CCC(C(=O)O)CC2)cc1. The fraction of sp³-hybridized carbons (Fsp3) is 0.467. The van der Waals surface area contributed by atoms with E-state index in [0.29, 0.717) is 36.8 Å². The van der Waals surface area contributed by atoms with Crippen LogP contribution in [0.1, 0.15) is 36.8 Å². The number of benzene rings is 1. The van der Waals surface area contributed by atoms with Gasteiger partial charge in [0.05, 0.1) is 28.6 Å². The van der Waals surface area contributed by atoms with E-state index in [1.807, 2.05) is 6.07 Å². The van der Waals surface area contributed by atoms with Crippen LogP contribution in [0.5, 0.6) is 0 Å². The van der Waals surface area contributed by atoms with E-state index in [4.69, 9.17) is 10.4 Å². The first-order valence-corrected chi connectivity index (χ1v) is 8.57. The molecule has 2 rings (SSSR count). The molecular weight excluding hydrogens is 290 g/mol. The number of nitriles is 1. The summed E-state index contributed by atoms with van der Waals surface area (Å²) in [5, 5.41) is 17.2. The summed E-state index contributed by atoms with van der Waals surface area (Å²) in [6.45, 7) is 0. The van der Waals surface area contributed by atoms with Crippen molar-refractivity contribution in [3.05, 3.63) is 35.4 Å². The maximum atomic E-state index is 12.4. The van der Waals surface area contributed by atoms with Crippen LogP contribution in [0.2, 0.25) is 0 Å². The fourth-order valence-corrected chi connectivity index (χ4v) is 4.58. The van der Waals surface area contributed by atoms with Gasteiger partial charge >= 0.3 is 5.97 Å². The summed E-state index contributed by atoms with van der Waals surface area (Å²) in [6.07, 6.45) is 1.67. The molecule has 0 radical (unpaired) electrons. The van der Waals surface area contributed by atoms with Crippen molar-refractivity contribution in [3.63, 3.8) is 0 Å². The minimum Gasteiger partial charge on any atom is -0.481 e. The molecule has 1 fully saturated rings. The second-order valence-corrected chi connectivity index (χ2v) is 7.71. The van der Waals surface area contributed by atoms with Gasteiger partial charge in [-0.3, -0.25) is 4.79 Å². The van der Waals surface area contributed by atoms with Crippen molar-refractivity contribution in [1.82, 2.24) is 0 Å². The summed E-state index contributed by atoms with van der Waals surface area (Å²) < 4.78 is 24.7. The Balaban J connectivity index is 2.02. The van der Waals surface area contributed by atoms with Gasteiger partial charge < -0.3 is 5.11 Å². The fourth-order valence-electron chi connectivity index (χ4n) is 2.69. The van der Waals surface area contributed by atoms with E-state index < -0.39 is 27.0 Å². The van der Waals surface area contributed by atoms with Crippen LogP contribution in [0.15, 0.2) is 24.3 Å². The molecule has 6 heteroatoms. The van der Waals surface area contributed by atoms with Crippen molar-refractivity contribution >= 4 is 15.8 Å². The Morgan fingerprint density at radius 1 is 1.19 bits per heavy atom. The highest BCUT2D eigenvalue weighted by Crippen LogP contribution is 2.30. The van der Waals surface area contributed by atoms with Gasteiger partial charge in [-0.15, -0.1) is 0 Å². The Morgan fingerprint density at radius 2 is 1.76 bits per heavy atom. The summed E-state index contributed by atoms with van der Waals surface area (Å²) in [7, 11) is -3.28. The average Bonchev–Trinajstić information content (AvgIpc) is 2.48. The Morgan fingerprint density at radius 3 is 2.24 bits per heavy atom. The van der Waals surface area contributed by atoms with Gasteiger partial charge in [0.2, 0.25) is 0 Å². The smallest absolute Gasteiger partial charge is 0.306 e. The maximum Gasteiger partial charge on any atom is 0.306 e. The largest absolute Gasteiger partial charge is 0.481 e. The predicted molar refractivity (Wildman–Crippen MR) is 77.2 cm³/mol. The molecule has 1 N–H and O–H groups in total. The predicted octanol–water partition coefficient (Wildman–Crippen LogP) is 2.12. The molecule has 1 aromatic carbocycles. The average molecular weight is 307 g/mol. The van der Waals surface area contributed by atoms with Gasteiger partial charge in [-0.05, 0) is 43.4 Å². The Labute approximate surface area is 124 Å². The van der Waals surface area contributed by atoms with Crippen molar-refractivity contribution in [1.29, 1.82) is 5.26 Å². The number of rotatable bonds is 4. The minimum absolute atomic E-state index is 0.0545. The van der Waals surface area contributed by atoms with E-state index in [9.17, 15) is 13.2 Å². The molecule has 1 aliphatic carbocycles. The molecule has 0 atom stereocenters. The number of nitrogens with zero attached hydrogens (tertiary/aromatic N) is 1. The van der Waals surface area contributed by atoms with E-state index in [-0.39, 0.29) is 5.75 Å². The minimum atomic E-state index is -3.28. The highest BCUT2D eigenvalue weighted by atomic mass is 32.2. The van der Waals surface area contributed by atoms with Gasteiger partial charge in [0.25, 0.3) is 0 Å². The molecule has 21 heavy (non-hydrogen) atoms. The number of hydrogen-bond donors (Lipinski definition) is 1. The lowest BCUT2D eigenvalue weighted by atomic mass is 9.89. The molecule has 112 valence electrons. The van der Waals surface area contributed by atoms with Gasteiger partial charge in [0, 0.05) is 0 Å². The summed E-state index contributed by atoms with van der Waals surface area (Å²) >= 11 is 0. The van der Waals surface area contributed by atoms with E-state index in [1.165, 1.54) is 0 Å². The van der Waals surface area contributed by atoms with E-state index in [0.717, 1.165) is 0 Å². The molecule has 0 bridgehead atoms. The van der Waals surface area contributed by atoms with Gasteiger partial charge in [-0.25, -0.2) is 8.42 Å². The van der Waals surface area contributed by atoms with Crippen LogP contribution in [0.25, 0.3) is 0 Å². The number of sulfone groups is 1. The molecule has 0 spiro atoms. The van der Waals surface area contributed by atoms with Crippen LogP contribution in [0.3, 0.4) is 0 Å². The lowest BCUT2D eigenvalue weighted by molar-refractivity contribution is -0.142. The number of carbonyl (C=O) groups is 1. The zero-order valence-corrected chi connectivity index (χ0v) is 12.3. The second kappa shape index (κ2) is 6.27. The summed E-state index contributed by atoms with van der Waals surface area (Å²) in [6, 6.07) is 8.50. The van der Waals surface area contributed by atoms with Crippen LogP contribution < -0.4 is 0 Å². The van der Waals surface area contributed by atoms with Crippen molar-refractivity contribution < 1.29 is 18.3 Å². The standard InChI is InChI=1S/C15H17NO4S/c16-9-11-1-3-12(4-2-11)10-21(19,20)14-7-5-13(6-8-14)15(17)18/h1-4,13-14H,5-8,10H2,(H,17,18). The molecule has 0 unspecified atom stereocenters. The Kier molecular flexibility index (Phi) is 4.63. The first-order valence-electron chi connectivity index (χ1n) is 6.86. The summed E-state index contributed by atoms with van der Waals surface area (Å²) in [5.41, 5.74) is 1.16. The van der Waals surface area contributed by atoms with Gasteiger partial charge in [0.1, 0.15) is 0 Å². The molecule has 1 saturated carbocycles. The highest BCUT2D eigenvalue weighted by molar-refractivity contribution is 7.91. The maximum absolute atomic E-state index is 12.4. The van der Waals surface area contributed by atoms with E-state index in [2.05, 4.69) is 0 Å². The zero-order valence-electron chi connectivity index (χ0n) is 11.5. The van der Waals surface area contributed by atoms with Crippen LogP contribution in [-0.2, 0) is 20.4 Å². The second-order valence-electron chi connectivity index (χ2n) is 5.43. The van der Waals surface area contributed by atoms with Crippen LogP contribution >= 0.6 is 0 Å². The first kappa shape index (κ1) is 15.5. The molecule has 0 heterocycles. The topological polar surface area (TPSA) is 95.2 Å². The third-order valence-corrected chi connectivity index (χ3v) is 6.21. The molecule has 0 aromatic heterocycles. The van der Waals surface area contributed by atoms with Crippen molar-refractivity contribution in [2.45, 2.75) is 36.7 Å². The number of hydrogen-bond acceptors (Lipinski definition) is 4. The number of carboxylic acids is 1. The lowest BCUT2D eigenvalue weighted by Gasteiger charge is -2.25. The third kappa shape index (κ3) is 3.82. The third-order valence-electron chi connectivity index (χ3n) is 3.98. The van der Waals surface area contributed by atoms with Crippen molar-refractivity contribution in [2.75, 3.05) is 0 Å². The van der Waals surface area contributed by atoms with Gasteiger partial charge in [0.15, 0.2) is 9.84 Å². The molecule has 0 amide bonds. The molecule has 0 saturated heterocycles. The quantitative estimate of drug-likeness (QED) is 0.919. The molecular formula is C15H17NO4S. The van der Waals surface area contributed by atoms with Crippen molar-refractivity contribution in [3.8, 4) is 6.07 Å². The Bertz CT molecular complexity index is 650. The van der Waals surface area contributed by atoms with E-state index in [1.54, 1.807) is 24.3 Å². The lowest BCUT2D eigenvalue weighted by Crippen LogP contribution is -2.30. The molecule has 5 nitrogen and oxygen atoms in total. The number of carboxylic acid groups (broad SMARTS) is 1. The first-order chi connectivity index (χ1) is 9.92. The molecule has 1 aliphatic rings. The van der Waals surface area contributed by atoms with Gasteiger partial charge in [-0.1, -0.05) is 12.1 Å². The van der Waals surface area contributed by atoms with E-state index >= 15 is 0 Å². The zero-order chi connectivity index (χ0) is 15.5.